The fourth-order valence-corrected chi connectivity index (χ4v) is 1.60. The molecule has 0 atom stereocenters. The molecule has 5 heteroatoms. The molecule has 0 amide bonds. The highest BCUT2D eigenvalue weighted by molar-refractivity contribution is 9.10. The maximum Gasteiger partial charge on any atom is 0.371 e. The summed E-state index contributed by atoms with van der Waals surface area (Å²) in [4.78, 5) is 10.6. The quantitative estimate of drug-likeness (QED) is 0.856. The Morgan fingerprint density at radius 2 is 2.21 bits per heavy atom. The number of fused-ring (bicyclic) bond motifs is 1. The average Bonchev–Trinajstić information content (AvgIpc) is 2.56. The first kappa shape index (κ1) is 9.21. The van der Waals surface area contributed by atoms with E-state index in [0.29, 0.717) is 11.0 Å². The Kier molecular flexibility index (Phi) is 2.03. The molecule has 0 unspecified atom stereocenters. The number of aromatic carboxylic acids is 1. The molecule has 14 heavy (non-hydrogen) atoms. The summed E-state index contributed by atoms with van der Waals surface area (Å²) in [6, 6.07) is 3.88. The number of rotatable bonds is 1. The number of hydrogen-bond acceptors (Lipinski definition) is 2. The third-order valence-corrected chi connectivity index (χ3v) is 2.60. The smallest absolute Gasteiger partial charge is 0.371 e. The first-order valence-electron chi connectivity index (χ1n) is 3.70. The van der Waals surface area contributed by atoms with Gasteiger partial charge in [0.1, 0.15) is 11.4 Å². The van der Waals surface area contributed by atoms with Crippen LogP contribution >= 0.6 is 15.9 Å². The zero-order valence-electron chi connectivity index (χ0n) is 6.75. The van der Waals surface area contributed by atoms with Crippen LogP contribution in [0.3, 0.4) is 0 Å². The first-order valence-corrected chi connectivity index (χ1v) is 4.49. The number of carboxylic acids is 1. The summed E-state index contributed by atoms with van der Waals surface area (Å²) in [6.07, 6.45) is 0. The Morgan fingerprint density at radius 1 is 1.50 bits per heavy atom. The van der Waals surface area contributed by atoms with Gasteiger partial charge in [0, 0.05) is 11.5 Å². The van der Waals surface area contributed by atoms with Crippen LogP contribution in [0.4, 0.5) is 4.39 Å². The highest BCUT2D eigenvalue weighted by atomic mass is 79.9. The monoisotopic (exact) mass is 258 g/mol. The van der Waals surface area contributed by atoms with Crippen LogP contribution in [0.2, 0.25) is 0 Å². The Labute approximate surface area is 86.3 Å². The lowest BCUT2D eigenvalue weighted by Crippen LogP contribution is -1.91. The van der Waals surface area contributed by atoms with Gasteiger partial charge in [0.2, 0.25) is 5.76 Å². The lowest BCUT2D eigenvalue weighted by atomic mass is 10.2. The van der Waals surface area contributed by atoms with Crippen molar-refractivity contribution in [2.75, 3.05) is 0 Å². The summed E-state index contributed by atoms with van der Waals surface area (Å²) < 4.78 is 18.2. The van der Waals surface area contributed by atoms with Crippen molar-refractivity contribution >= 4 is 32.9 Å². The molecule has 0 bridgehead atoms. The number of carboxylic acid groups (broad SMARTS) is 1. The number of benzene rings is 1. The highest BCUT2D eigenvalue weighted by Crippen LogP contribution is 2.29. The molecule has 2 aromatic rings. The van der Waals surface area contributed by atoms with E-state index >= 15 is 0 Å². The van der Waals surface area contributed by atoms with Crippen LogP contribution in [0.15, 0.2) is 27.1 Å². The first-order chi connectivity index (χ1) is 6.59. The second-order valence-corrected chi connectivity index (χ2v) is 3.48. The number of furan rings is 1. The molecule has 3 nitrogen and oxygen atoms in total. The van der Waals surface area contributed by atoms with E-state index in [-0.39, 0.29) is 10.2 Å². The van der Waals surface area contributed by atoms with Crippen LogP contribution < -0.4 is 0 Å². The van der Waals surface area contributed by atoms with Gasteiger partial charge in [-0.2, -0.15) is 0 Å². The fraction of sp³-hybridized carbons (Fsp3) is 0. The summed E-state index contributed by atoms with van der Waals surface area (Å²) >= 11 is 3.02. The van der Waals surface area contributed by atoms with E-state index in [1.54, 1.807) is 0 Å². The van der Waals surface area contributed by atoms with Crippen molar-refractivity contribution in [1.82, 2.24) is 0 Å². The van der Waals surface area contributed by atoms with Crippen molar-refractivity contribution in [3.63, 3.8) is 0 Å². The molecule has 1 N–H and O–H groups in total. The molecule has 0 saturated carbocycles. The summed E-state index contributed by atoms with van der Waals surface area (Å²) in [5, 5.41) is 9.06. The summed E-state index contributed by atoms with van der Waals surface area (Å²) in [7, 11) is 0. The van der Waals surface area contributed by atoms with Crippen LogP contribution in [-0.4, -0.2) is 11.1 Å². The van der Waals surface area contributed by atoms with Gasteiger partial charge in [0.15, 0.2) is 0 Å². The van der Waals surface area contributed by atoms with E-state index < -0.39 is 11.8 Å². The lowest BCUT2D eigenvalue weighted by Gasteiger charge is -1.93. The second kappa shape index (κ2) is 3.09. The fourth-order valence-electron chi connectivity index (χ4n) is 1.16. The predicted octanol–water partition coefficient (Wildman–Crippen LogP) is 3.03. The Morgan fingerprint density at radius 3 is 2.86 bits per heavy atom. The molecule has 0 radical (unpaired) electrons. The number of halogens is 2. The largest absolute Gasteiger partial charge is 0.475 e. The van der Waals surface area contributed by atoms with Gasteiger partial charge in [-0.05, 0) is 28.1 Å². The number of hydrogen-bond donors (Lipinski definition) is 1. The van der Waals surface area contributed by atoms with Gasteiger partial charge in [-0.15, -0.1) is 0 Å². The zero-order chi connectivity index (χ0) is 10.3. The van der Waals surface area contributed by atoms with E-state index in [0.717, 1.165) is 0 Å². The number of carbonyl (C=O) groups is 1. The van der Waals surface area contributed by atoms with Crippen LogP contribution in [0, 0.1) is 5.82 Å². The average molecular weight is 259 g/mol. The molecule has 1 aromatic heterocycles. The molecular weight excluding hydrogens is 255 g/mol. The molecule has 0 aliphatic carbocycles. The van der Waals surface area contributed by atoms with E-state index in [4.69, 9.17) is 9.52 Å². The van der Waals surface area contributed by atoms with Crippen molar-refractivity contribution in [3.8, 4) is 0 Å². The normalized spacial score (nSPS) is 10.7. The van der Waals surface area contributed by atoms with Gasteiger partial charge in [-0.25, -0.2) is 9.18 Å². The molecule has 0 aliphatic rings. The topological polar surface area (TPSA) is 50.4 Å². The van der Waals surface area contributed by atoms with Crippen molar-refractivity contribution in [3.05, 3.63) is 34.2 Å². The minimum atomic E-state index is -1.17. The molecule has 1 aromatic carbocycles. The van der Waals surface area contributed by atoms with Gasteiger partial charge in [-0.3, -0.25) is 0 Å². The highest BCUT2D eigenvalue weighted by Gasteiger charge is 2.14. The minimum Gasteiger partial charge on any atom is -0.475 e. The van der Waals surface area contributed by atoms with Gasteiger partial charge in [-0.1, -0.05) is 0 Å². The lowest BCUT2D eigenvalue weighted by molar-refractivity contribution is 0.0665. The molecule has 0 aliphatic heterocycles. The molecule has 1 heterocycles. The van der Waals surface area contributed by atoms with E-state index in [2.05, 4.69) is 15.9 Å². The summed E-state index contributed by atoms with van der Waals surface area (Å²) in [5.41, 5.74) is 0.343. The van der Waals surface area contributed by atoms with Gasteiger partial charge in [0.25, 0.3) is 0 Å². The van der Waals surface area contributed by atoms with Crippen LogP contribution in [0.25, 0.3) is 11.0 Å². The Balaban J connectivity index is 2.77. The van der Waals surface area contributed by atoms with Crippen molar-refractivity contribution in [2.24, 2.45) is 0 Å². The van der Waals surface area contributed by atoms with Crippen LogP contribution in [0.5, 0.6) is 0 Å². The molecule has 0 saturated heterocycles. The Bertz CT molecular complexity index is 518. The van der Waals surface area contributed by atoms with E-state index in [9.17, 15) is 9.18 Å². The standard InChI is InChI=1S/C9H4BrFO3/c10-8-4-3-7(9(12)13)14-6(4)2-1-5(8)11/h1-3H,(H,12,13). The zero-order valence-corrected chi connectivity index (χ0v) is 8.34. The van der Waals surface area contributed by atoms with Gasteiger partial charge < -0.3 is 9.52 Å². The molecule has 72 valence electrons. The maximum atomic E-state index is 13.0. The molecular formula is C9H4BrFO3. The van der Waals surface area contributed by atoms with Gasteiger partial charge in [0.05, 0.1) is 4.47 Å². The van der Waals surface area contributed by atoms with Crippen molar-refractivity contribution in [2.45, 2.75) is 0 Å². The summed E-state index contributed by atoms with van der Waals surface area (Å²) in [6.45, 7) is 0. The molecule has 0 fully saturated rings. The Hall–Kier alpha value is -1.36. The van der Waals surface area contributed by atoms with Crippen molar-refractivity contribution < 1.29 is 18.7 Å². The molecule has 0 spiro atoms. The third kappa shape index (κ3) is 1.29. The summed E-state index contributed by atoms with van der Waals surface area (Å²) in [5.74, 6) is -1.82. The van der Waals surface area contributed by atoms with E-state index in [1.165, 1.54) is 18.2 Å². The predicted molar refractivity (Wildman–Crippen MR) is 50.8 cm³/mol. The molecule has 2 rings (SSSR count). The van der Waals surface area contributed by atoms with Crippen LogP contribution in [0.1, 0.15) is 10.6 Å². The SMILES string of the molecule is O=C(O)c1cc2c(Br)c(F)ccc2o1. The minimum absolute atomic E-state index is 0.202. The van der Waals surface area contributed by atoms with Crippen molar-refractivity contribution in [1.29, 1.82) is 0 Å². The third-order valence-electron chi connectivity index (χ3n) is 1.80. The second-order valence-electron chi connectivity index (χ2n) is 2.69. The maximum absolute atomic E-state index is 13.0. The van der Waals surface area contributed by atoms with Crippen LogP contribution in [-0.2, 0) is 0 Å². The van der Waals surface area contributed by atoms with Gasteiger partial charge >= 0.3 is 5.97 Å². The van der Waals surface area contributed by atoms with E-state index in [1.807, 2.05) is 0 Å².